The zero-order valence-corrected chi connectivity index (χ0v) is 18.6. The molecule has 1 aromatic carbocycles. The summed E-state index contributed by atoms with van der Waals surface area (Å²) in [6, 6.07) is 3.75. The van der Waals surface area contributed by atoms with Gasteiger partial charge in [-0.3, -0.25) is 4.90 Å². The quantitative estimate of drug-likeness (QED) is 0.244. The predicted molar refractivity (Wildman–Crippen MR) is 119 cm³/mol. The van der Waals surface area contributed by atoms with Crippen molar-refractivity contribution in [2.24, 2.45) is 0 Å². The molecule has 162 valence electrons. The highest BCUT2D eigenvalue weighted by molar-refractivity contribution is 5.64. The summed E-state index contributed by atoms with van der Waals surface area (Å²) in [4.78, 5) is 12.1. The molecule has 0 heterocycles. The summed E-state index contributed by atoms with van der Waals surface area (Å²) in [7, 11) is 1.46. The molecule has 0 aliphatic heterocycles. The standard InChI is InChI=1S/C24H37NO4/c1-6-7-8-12-20-15-22(26)21(14-13-19(4)11-9-10-18(2)3)23(16-20)29-17-25(5)24(27)28/h10,13,15-16,26H,6-9,11-12,14,17H2,1-5H3,(H,27,28)/b19-13+. The van der Waals surface area contributed by atoms with E-state index in [1.165, 1.54) is 18.2 Å². The molecule has 0 aromatic heterocycles. The number of amides is 1. The maximum Gasteiger partial charge on any atom is 0.409 e. The molecular formula is C24H37NO4. The number of carboxylic acid groups (broad SMARTS) is 1. The first-order valence-electron chi connectivity index (χ1n) is 10.4. The molecule has 1 amide bonds. The first-order valence-corrected chi connectivity index (χ1v) is 10.4. The lowest BCUT2D eigenvalue weighted by Gasteiger charge is -2.18. The Morgan fingerprint density at radius 1 is 1.17 bits per heavy atom. The van der Waals surface area contributed by atoms with Gasteiger partial charge in [0.05, 0.1) is 0 Å². The smallest absolute Gasteiger partial charge is 0.409 e. The summed E-state index contributed by atoms with van der Waals surface area (Å²) >= 11 is 0. The normalized spacial score (nSPS) is 11.3. The van der Waals surface area contributed by atoms with Crippen LogP contribution in [0.3, 0.4) is 0 Å². The number of hydrogen-bond donors (Lipinski definition) is 2. The van der Waals surface area contributed by atoms with Gasteiger partial charge in [0, 0.05) is 12.6 Å². The lowest BCUT2D eigenvalue weighted by atomic mass is 10.00. The van der Waals surface area contributed by atoms with Gasteiger partial charge in [-0.05, 0) is 70.6 Å². The molecule has 29 heavy (non-hydrogen) atoms. The van der Waals surface area contributed by atoms with Gasteiger partial charge in [0.1, 0.15) is 11.5 Å². The molecule has 0 radical (unpaired) electrons. The number of nitrogens with zero attached hydrogens (tertiary/aromatic N) is 1. The van der Waals surface area contributed by atoms with Crippen LogP contribution in [-0.4, -0.2) is 35.0 Å². The molecule has 5 heteroatoms. The minimum atomic E-state index is -1.05. The van der Waals surface area contributed by atoms with Crippen LogP contribution in [0.15, 0.2) is 35.4 Å². The van der Waals surface area contributed by atoms with E-state index in [0.717, 1.165) is 49.0 Å². The molecule has 5 nitrogen and oxygen atoms in total. The number of phenolic OH excluding ortho intramolecular Hbond substituents is 1. The molecule has 2 N–H and O–H groups in total. The largest absolute Gasteiger partial charge is 0.508 e. The van der Waals surface area contributed by atoms with Gasteiger partial charge in [-0.25, -0.2) is 4.79 Å². The number of benzene rings is 1. The third-order valence-electron chi connectivity index (χ3n) is 4.80. The van der Waals surface area contributed by atoms with E-state index < -0.39 is 6.09 Å². The number of rotatable bonds is 12. The third-order valence-corrected chi connectivity index (χ3v) is 4.80. The minimum Gasteiger partial charge on any atom is -0.508 e. The van der Waals surface area contributed by atoms with Crippen LogP contribution in [0.1, 0.15) is 70.9 Å². The van der Waals surface area contributed by atoms with Crippen LogP contribution in [0, 0.1) is 0 Å². The second-order valence-corrected chi connectivity index (χ2v) is 7.88. The molecule has 0 bridgehead atoms. The van der Waals surface area contributed by atoms with Crippen molar-refractivity contribution in [2.45, 2.75) is 72.6 Å². The van der Waals surface area contributed by atoms with E-state index in [1.807, 2.05) is 12.1 Å². The van der Waals surface area contributed by atoms with E-state index in [9.17, 15) is 9.90 Å². The average Bonchev–Trinajstić information content (AvgIpc) is 2.65. The minimum absolute atomic E-state index is 0.0799. The summed E-state index contributed by atoms with van der Waals surface area (Å²) in [6.45, 7) is 8.36. The lowest BCUT2D eigenvalue weighted by Crippen LogP contribution is -2.29. The van der Waals surface area contributed by atoms with Crippen molar-refractivity contribution >= 4 is 6.09 Å². The number of carbonyl (C=O) groups is 1. The van der Waals surface area contributed by atoms with Gasteiger partial charge in [0.15, 0.2) is 6.73 Å². The summed E-state index contributed by atoms with van der Waals surface area (Å²) in [5.74, 6) is 0.762. The lowest BCUT2D eigenvalue weighted by molar-refractivity contribution is 0.114. The van der Waals surface area contributed by atoms with Gasteiger partial charge >= 0.3 is 6.09 Å². The van der Waals surface area contributed by atoms with Crippen LogP contribution in [0.4, 0.5) is 4.79 Å². The van der Waals surface area contributed by atoms with Crippen LogP contribution >= 0.6 is 0 Å². The molecule has 1 aromatic rings. The first kappa shape index (κ1) is 24.6. The number of aryl methyl sites for hydroxylation is 1. The van der Waals surface area contributed by atoms with Gasteiger partial charge in [0.2, 0.25) is 0 Å². The average molecular weight is 404 g/mol. The van der Waals surface area contributed by atoms with Crippen molar-refractivity contribution < 1.29 is 19.7 Å². The zero-order valence-electron chi connectivity index (χ0n) is 18.6. The molecule has 0 atom stereocenters. The Morgan fingerprint density at radius 2 is 1.90 bits per heavy atom. The summed E-state index contributed by atoms with van der Waals surface area (Å²) < 4.78 is 5.78. The van der Waals surface area contributed by atoms with E-state index in [0.29, 0.717) is 17.7 Å². The van der Waals surface area contributed by atoms with Crippen LogP contribution < -0.4 is 4.74 Å². The number of ether oxygens (including phenoxy) is 1. The predicted octanol–water partition coefficient (Wildman–Crippen LogP) is 6.31. The van der Waals surface area contributed by atoms with Gasteiger partial charge in [-0.1, -0.05) is 43.1 Å². The zero-order chi connectivity index (χ0) is 21.8. The number of aromatic hydroxyl groups is 1. The highest BCUT2D eigenvalue weighted by Gasteiger charge is 2.13. The van der Waals surface area contributed by atoms with E-state index in [4.69, 9.17) is 9.84 Å². The molecule has 0 fully saturated rings. The van der Waals surface area contributed by atoms with E-state index in [1.54, 1.807) is 0 Å². The fraction of sp³-hybridized carbons (Fsp3) is 0.542. The molecule has 0 aliphatic carbocycles. The van der Waals surface area contributed by atoms with Crippen molar-refractivity contribution in [1.82, 2.24) is 4.90 Å². The summed E-state index contributed by atoms with van der Waals surface area (Å²) in [5, 5.41) is 19.7. The summed E-state index contributed by atoms with van der Waals surface area (Å²) in [5.41, 5.74) is 4.27. The molecule has 0 saturated heterocycles. The maximum atomic E-state index is 11.1. The van der Waals surface area contributed by atoms with Crippen molar-refractivity contribution in [3.05, 3.63) is 46.6 Å². The number of unbranched alkanes of at least 4 members (excludes halogenated alkanes) is 2. The fourth-order valence-electron chi connectivity index (χ4n) is 2.93. The Balaban J connectivity index is 2.99. The number of hydrogen-bond acceptors (Lipinski definition) is 3. The van der Waals surface area contributed by atoms with Gasteiger partial charge < -0.3 is 14.9 Å². The highest BCUT2D eigenvalue weighted by Crippen LogP contribution is 2.32. The highest BCUT2D eigenvalue weighted by atomic mass is 16.5. The second kappa shape index (κ2) is 12.9. The van der Waals surface area contributed by atoms with Crippen LogP contribution in [0.5, 0.6) is 11.5 Å². The maximum absolute atomic E-state index is 11.1. The first-order chi connectivity index (χ1) is 13.7. The molecule has 0 aliphatic rings. The Hall–Kier alpha value is -2.43. The van der Waals surface area contributed by atoms with E-state index in [-0.39, 0.29) is 12.5 Å². The monoisotopic (exact) mass is 403 g/mol. The van der Waals surface area contributed by atoms with Gasteiger partial charge in [-0.2, -0.15) is 0 Å². The van der Waals surface area contributed by atoms with Gasteiger partial charge in [0.25, 0.3) is 0 Å². The second-order valence-electron chi connectivity index (χ2n) is 7.88. The van der Waals surface area contributed by atoms with E-state index in [2.05, 4.69) is 39.8 Å². The van der Waals surface area contributed by atoms with Crippen LogP contribution in [0.2, 0.25) is 0 Å². The van der Waals surface area contributed by atoms with Crippen molar-refractivity contribution in [3.63, 3.8) is 0 Å². The molecule has 0 saturated carbocycles. The van der Waals surface area contributed by atoms with Crippen molar-refractivity contribution in [3.8, 4) is 11.5 Å². The van der Waals surface area contributed by atoms with Crippen LogP contribution in [0.25, 0.3) is 0 Å². The molecule has 1 rings (SSSR count). The van der Waals surface area contributed by atoms with Crippen LogP contribution in [-0.2, 0) is 12.8 Å². The Kier molecular flexibility index (Phi) is 11.0. The molecular weight excluding hydrogens is 366 g/mol. The Morgan fingerprint density at radius 3 is 2.52 bits per heavy atom. The topological polar surface area (TPSA) is 70.0 Å². The molecule has 0 spiro atoms. The summed E-state index contributed by atoms with van der Waals surface area (Å²) in [6.07, 6.45) is 9.98. The van der Waals surface area contributed by atoms with E-state index >= 15 is 0 Å². The third kappa shape index (κ3) is 9.55. The Bertz CT molecular complexity index is 718. The van der Waals surface area contributed by atoms with Crippen molar-refractivity contribution in [1.29, 1.82) is 0 Å². The number of phenols is 1. The molecule has 0 unspecified atom stereocenters. The van der Waals surface area contributed by atoms with Crippen molar-refractivity contribution in [2.75, 3.05) is 13.8 Å². The van der Waals surface area contributed by atoms with Gasteiger partial charge in [-0.15, -0.1) is 0 Å². The fourth-order valence-corrected chi connectivity index (χ4v) is 2.93. The SMILES string of the molecule is CCCCCc1cc(O)c(C/C=C(\C)CCC=C(C)C)c(OCN(C)C(=O)O)c1. The number of allylic oxidation sites excluding steroid dienone is 4. The Labute approximate surface area is 175 Å².